The number of hydrogen-bond acceptors (Lipinski definition) is 10. The molecule has 13 heteroatoms. The van der Waals surface area contributed by atoms with Crippen LogP contribution in [0.2, 0.25) is 0 Å². The van der Waals surface area contributed by atoms with Crippen molar-refractivity contribution in [3.05, 3.63) is 81.4 Å². The molecule has 0 unspecified atom stereocenters. The van der Waals surface area contributed by atoms with Gasteiger partial charge in [0, 0.05) is 31.9 Å². The number of rotatable bonds is 6. The lowest BCUT2D eigenvalue weighted by molar-refractivity contribution is 0.208. The van der Waals surface area contributed by atoms with E-state index in [9.17, 15) is 9.59 Å². The van der Waals surface area contributed by atoms with Crippen LogP contribution in [-0.4, -0.2) is 77.4 Å². The van der Waals surface area contributed by atoms with Gasteiger partial charge in [-0.1, -0.05) is 24.3 Å². The number of aromatic nitrogens is 4. The molecule has 2 aromatic heterocycles. The zero-order valence-corrected chi connectivity index (χ0v) is 30.0. The molecule has 2 N–H and O–H groups in total. The molecule has 49 heavy (non-hydrogen) atoms. The van der Waals surface area contributed by atoms with Crippen LogP contribution >= 0.6 is 0 Å². The van der Waals surface area contributed by atoms with Gasteiger partial charge in [-0.3, -0.25) is 10.6 Å². The monoisotopic (exact) mass is 670 g/mol. The minimum absolute atomic E-state index is 0.172. The third-order valence-corrected chi connectivity index (χ3v) is 8.55. The first kappa shape index (κ1) is 36.4. The van der Waals surface area contributed by atoms with Crippen molar-refractivity contribution >= 4 is 29.4 Å². The van der Waals surface area contributed by atoms with Crippen LogP contribution in [0.25, 0.3) is 0 Å². The number of methoxy groups -OCH3 is 2. The minimum atomic E-state index is -0.646. The van der Waals surface area contributed by atoms with Gasteiger partial charge in [-0.2, -0.15) is 0 Å². The number of hydrogen-bond donors (Lipinski definition) is 2. The van der Waals surface area contributed by atoms with Gasteiger partial charge in [-0.05, 0) is 89.8 Å². The molecule has 3 heterocycles. The highest BCUT2D eigenvalue weighted by atomic mass is 16.6. The number of benzene rings is 2. The van der Waals surface area contributed by atoms with Gasteiger partial charge in [0.05, 0.1) is 37.0 Å². The second-order valence-corrected chi connectivity index (χ2v) is 11.8. The van der Waals surface area contributed by atoms with Gasteiger partial charge in [0.1, 0.15) is 5.75 Å². The Morgan fingerprint density at radius 1 is 0.653 bits per heavy atom. The molecule has 4 aromatic rings. The first-order valence-corrected chi connectivity index (χ1v) is 16.0. The SMILES string of the molecule is COc1nc(C)c(C)nc1NC(=O)N1CCN(c2c(C)c(C)cc(C)c2C)CC1.COc1nc(C)c(C)nc1NC(=O)Oc1ccccc1. The Balaban J connectivity index is 0.000000237. The zero-order chi connectivity index (χ0) is 35.8. The van der Waals surface area contributed by atoms with E-state index < -0.39 is 6.09 Å². The van der Waals surface area contributed by atoms with Crippen molar-refractivity contribution in [2.24, 2.45) is 0 Å². The van der Waals surface area contributed by atoms with E-state index in [1.54, 1.807) is 31.2 Å². The van der Waals surface area contributed by atoms with Crippen molar-refractivity contribution in [2.45, 2.75) is 55.4 Å². The molecule has 1 fully saturated rings. The molecule has 1 aliphatic heterocycles. The predicted octanol–water partition coefficient (Wildman–Crippen LogP) is 6.40. The Morgan fingerprint density at radius 3 is 1.61 bits per heavy atom. The molecule has 1 saturated heterocycles. The Kier molecular flexibility index (Phi) is 11.9. The smallest absolute Gasteiger partial charge is 0.418 e. The Bertz CT molecular complexity index is 1780. The van der Waals surface area contributed by atoms with Gasteiger partial charge in [-0.15, -0.1) is 0 Å². The number of carbonyl (C=O) groups is 2. The first-order valence-electron chi connectivity index (χ1n) is 16.0. The molecular weight excluding hydrogens is 624 g/mol. The van der Waals surface area contributed by atoms with Crippen LogP contribution in [0.5, 0.6) is 17.5 Å². The first-order chi connectivity index (χ1) is 23.3. The number of para-hydroxylation sites is 1. The Labute approximate surface area is 288 Å². The molecule has 0 saturated carbocycles. The van der Waals surface area contributed by atoms with Crippen molar-refractivity contribution in [3.63, 3.8) is 0 Å². The highest BCUT2D eigenvalue weighted by Gasteiger charge is 2.25. The van der Waals surface area contributed by atoms with Gasteiger partial charge < -0.3 is 24.0 Å². The van der Waals surface area contributed by atoms with E-state index in [4.69, 9.17) is 14.2 Å². The van der Waals surface area contributed by atoms with Crippen LogP contribution in [0, 0.1) is 55.4 Å². The zero-order valence-electron chi connectivity index (χ0n) is 30.0. The van der Waals surface area contributed by atoms with Gasteiger partial charge in [0.25, 0.3) is 11.8 Å². The molecule has 0 spiro atoms. The molecule has 13 nitrogen and oxygen atoms in total. The average Bonchev–Trinajstić information content (AvgIpc) is 3.08. The molecule has 1 aliphatic rings. The summed E-state index contributed by atoms with van der Waals surface area (Å²) in [7, 11) is 2.99. The van der Waals surface area contributed by atoms with E-state index in [1.165, 1.54) is 42.2 Å². The van der Waals surface area contributed by atoms with Crippen LogP contribution in [0.1, 0.15) is 45.0 Å². The fourth-order valence-corrected chi connectivity index (χ4v) is 5.31. The molecule has 2 aromatic carbocycles. The summed E-state index contributed by atoms with van der Waals surface area (Å²) in [6, 6.07) is 10.8. The van der Waals surface area contributed by atoms with Crippen LogP contribution in [0.3, 0.4) is 0 Å². The highest BCUT2D eigenvalue weighted by molar-refractivity contribution is 5.89. The van der Waals surface area contributed by atoms with Crippen molar-refractivity contribution < 1.29 is 23.8 Å². The maximum atomic E-state index is 12.8. The van der Waals surface area contributed by atoms with Crippen LogP contribution in [-0.2, 0) is 0 Å². The van der Waals surface area contributed by atoms with Crippen LogP contribution in [0.15, 0.2) is 36.4 Å². The molecule has 0 atom stereocenters. The summed E-state index contributed by atoms with van der Waals surface area (Å²) in [4.78, 5) is 46.0. The number of aryl methyl sites for hydroxylation is 6. The molecular formula is C36H46N8O5. The highest BCUT2D eigenvalue weighted by Crippen LogP contribution is 2.31. The number of ether oxygens (including phenoxy) is 3. The summed E-state index contributed by atoms with van der Waals surface area (Å²) in [5.74, 6) is 1.63. The number of urea groups is 1. The summed E-state index contributed by atoms with van der Waals surface area (Å²) in [6.07, 6.45) is -0.646. The molecule has 260 valence electrons. The summed E-state index contributed by atoms with van der Waals surface area (Å²) in [6.45, 7) is 18.9. The fourth-order valence-electron chi connectivity index (χ4n) is 5.31. The Hall–Kier alpha value is -5.46. The van der Waals surface area contributed by atoms with E-state index in [2.05, 4.69) is 69.2 Å². The van der Waals surface area contributed by atoms with E-state index >= 15 is 0 Å². The van der Waals surface area contributed by atoms with Crippen molar-refractivity contribution in [2.75, 3.05) is 55.9 Å². The van der Waals surface area contributed by atoms with Gasteiger partial charge in [-0.25, -0.2) is 29.5 Å². The van der Waals surface area contributed by atoms with E-state index in [0.29, 0.717) is 36.2 Å². The van der Waals surface area contributed by atoms with Crippen LogP contribution in [0.4, 0.5) is 26.9 Å². The fraction of sp³-hybridized carbons (Fsp3) is 0.389. The molecule has 0 bridgehead atoms. The molecule has 0 aliphatic carbocycles. The quantitative estimate of drug-likeness (QED) is 0.236. The third-order valence-electron chi connectivity index (χ3n) is 8.55. The maximum absolute atomic E-state index is 12.8. The van der Waals surface area contributed by atoms with Gasteiger partial charge in [0.2, 0.25) is 0 Å². The lowest BCUT2D eigenvalue weighted by Gasteiger charge is -2.38. The Morgan fingerprint density at radius 2 is 1.12 bits per heavy atom. The van der Waals surface area contributed by atoms with Crippen LogP contribution < -0.4 is 29.7 Å². The lowest BCUT2D eigenvalue weighted by Crippen LogP contribution is -2.50. The summed E-state index contributed by atoms with van der Waals surface area (Å²) < 4.78 is 15.5. The summed E-state index contributed by atoms with van der Waals surface area (Å²) >= 11 is 0. The van der Waals surface area contributed by atoms with Crippen molar-refractivity contribution in [1.29, 1.82) is 0 Å². The summed E-state index contributed by atoms with van der Waals surface area (Å²) in [5.41, 5.74) is 9.57. The predicted molar refractivity (Wildman–Crippen MR) is 190 cm³/mol. The largest absolute Gasteiger partial charge is 0.478 e. The summed E-state index contributed by atoms with van der Waals surface area (Å²) in [5, 5.41) is 5.38. The van der Waals surface area contributed by atoms with E-state index in [1.807, 2.05) is 31.7 Å². The number of nitrogens with zero attached hydrogens (tertiary/aromatic N) is 6. The minimum Gasteiger partial charge on any atom is -0.478 e. The van der Waals surface area contributed by atoms with E-state index in [-0.39, 0.29) is 17.7 Å². The third kappa shape index (κ3) is 8.92. The average molecular weight is 671 g/mol. The lowest BCUT2D eigenvalue weighted by atomic mass is 9.97. The molecule has 5 rings (SSSR count). The molecule has 0 radical (unpaired) electrons. The number of amides is 3. The second-order valence-electron chi connectivity index (χ2n) is 11.8. The van der Waals surface area contributed by atoms with E-state index in [0.717, 1.165) is 30.2 Å². The van der Waals surface area contributed by atoms with Gasteiger partial charge >= 0.3 is 12.1 Å². The topological polar surface area (TPSA) is 144 Å². The maximum Gasteiger partial charge on any atom is 0.418 e. The van der Waals surface area contributed by atoms with Crippen molar-refractivity contribution in [1.82, 2.24) is 24.8 Å². The standard InChI is InChI=1S/C22H31N5O2.C14H15N3O3/c1-13-12-14(2)16(4)19(15(13)3)26-8-10-27(11-9-26)22(28)25-20-21(29-7)24-18(6)17(5)23-20;1-9-10(2)16-13(19-3)12(15-9)17-14(18)20-11-7-5-4-6-8-11/h12H,8-11H2,1-7H3,(H,23,25,28);4-8H,1-3H3,(H,15,17,18). The number of piperazine rings is 1. The van der Waals surface area contributed by atoms with Crippen molar-refractivity contribution in [3.8, 4) is 17.5 Å². The number of carbonyl (C=O) groups excluding carboxylic acids is 2. The van der Waals surface area contributed by atoms with Gasteiger partial charge in [0.15, 0.2) is 11.6 Å². The number of nitrogens with one attached hydrogen (secondary N) is 2. The normalized spacial score (nSPS) is 12.4. The second kappa shape index (κ2) is 16.1. The number of anilines is 3. The molecule has 3 amide bonds.